The average molecular weight is 380 g/mol. The van der Waals surface area contributed by atoms with E-state index in [1.807, 2.05) is 32.0 Å². The molecular weight excluding hydrogens is 352 g/mol. The summed E-state index contributed by atoms with van der Waals surface area (Å²) < 4.78 is 11.6. The number of ether oxygens (including phenoxy) is 2. The van der Waals surface area contributed by atoms with Gasteiger partial charge in [-0.15, -0.1) is 0 Å². The van der Waals surface area contributed by atoms with Crippen molar-refractivity contribution >= 4 is 11.6 Å². The molecule has 0 aliphatic carbocycles. The lowest BCUT2D eigenvalue weighted by Gasteiger charge is -2.25. The Morgan fingerprint density at radius 3 is 2.57 bits per heavy atom. The van der Waals surface area contributed by atoms with Gasteiger partial charge in [-0.3, -0.25) is 9.69 Å². The third-order valence-electron chi connectivity index (χ3n) is 5.37. The minimum Gasteiger partial charge on any atom is -0.490 e. The molecule has 2 aromatic carbocycles. The van der Waals surface area contributed by atoms with E-state index >= 15 is 0 Å². The van der Waals surface area contributed by atoms with Crippen molar-refractivity contribution in [3.05, 3.63) is 53.1 Å². The van der Waals surface area contributed by atoms with Crippen molar-refractivity contribution in [3.8, 4) is 11.5 Å². The minimum absolute atomic E-state index is 0.0336. The van der Waals surface area contributed by atoms with Crippen molar-refractivity contribution in [1.82, 2.24) is 4.90 Å². The first-order chi connectivity index (χ1) is 13.6. The highest BCUT2D eigenvalue weighted by molar-refractivity contribution is 5.92. The van der Waals surface area contributed by atoms with Crippen LogP contribution >= 0.6 is 0 Å². The molecule has 2 aliphatic heterocycles. The lowest BCUT2D eigenvalue weighted by atomic mass is 10.0. The van der Waals surface area contributed by atoms with Crippen LogP contribution in [0.3, 0.4) is 0 Å². The number of hydrogen-bond acceptors (Lipinski definition) is 4. The zero-order valence-corrected chi connectivity index (χ0v) is 16.7. The molecule has 1 N–H and O–H groups in total. The van der Waals surface area contributed by atoms with Gasteiger partial charge in [0.05, 0.1) is 19.8 Å². The summed E-state index contributed by atoms with van der Waals surface area (Å²) in [5, 5.41) is 3.06. The van der Waals surface area contributed by atoms with Crippen LogP contribution in [0.25, 0.3) is 0 Å². The lowest BCUT2D eigenvalue weighted by molar-refractivity contribution is -0.117. The number of hydrogen-bond donors (Lipinski definition) is 1. The van der Waals surface area contributed by atoms with E-state index in [1.165, 1.54) is 5.56 Å². The first-order valence-electron chi connectivity index (χ1n) is 10.1. The van der Waals surface area contributed by atoms with Crippen molar-refractivity contribution in [2.45, 2.75) is 39.2 Å². The molecule has 2 aromatic rings. The molecule has 5 nitrogen and oxygen atoms in total. The third kappa shape index (κ3) is 4.30. The molecule has 0 radical (unpaired) electrons. The standard InChI is InChI=1S/C23H28N2O3/c1-16-11-17(2)13-19(12-16)24-23(26)15-25-8-3-5-20(25)18-6-7-21-22(14-18)28-10-4-9-27-21/h6-7,11-14,20H,3-5,8-10,15H2,1-2H3,(H,24,26)/t20-/m1/s1. The van der Waals surface area contributed by atoms with Crippen LogP contribution in [0.2, 0.25) is 0 Å². The number of aryl methyl sites for hydroxylation is 2. The van der Waals surface area contributed by atoms with E-state index < -0.39 is 0 Å². The summed E-state index contributed by atoms with van der Waals surface area (Å²) in [7, 11) is 0. The zero-order chi connectivity index (χ0) is 19.5. The number of likely N-dealkylation sites (tertiary alicyclic amines) is 1. The Bertz CT molecular complexity index is 845. The van der Waals surface area contributed by atoms with Crippen LogP contribution < -0.4 is 14.8 Å². The zero-order valence-electron chi connectivity index (χ0n) is 16.7. The fraction of sp³-hybridized carbons (Fsp3) is 0.435. The van der Waals surface area contributed by atoms with E-state index in [-0.39, 0.29) is 11.9 Å². The maximum atomic E-state index is 12.6. The van der Waals surface area contributed by atoms with Crippen molar-refractivity contribution < 1.29 is 14.3 Å². The van der Waals surface area contributed by atoms with E-state index in [9.17, 15) is 4.79 Å². The van der Waals surface area contributed by atoms with Gasteiger partial charge in [0.1, 0.15) is 0 Å². The maximum absolute atomic E-state index is 12.6. The Kier molecular flexibility index (Phi) is 5.53. The second-order valence-corrected chi connectivity index (χ2v) is 7.81. The second-order valence-electron chi connectivity index (χ2n) is 7.81. The number of rotatable bonds is 4. The smallest absolute Gasteiger partial charge is 0.238 e. The van der Waals surface area contributed by atoms with Gasteiger partial charge in [0.15, 0.2) is 11.5 Å². The molecule has 1 saturated heterocycles. The van der Waals surface area contributed by atoms with E-state index in [0.717, 1.165) is 54.1 Å². The Balaban J connectivity index is 1.45. The van der Waals surface area contributed by atoms with Crippen LogP contribution in [0.5, 0.6) is 11.5 Å². The van der Waals surface area contributed by atoms with Crippen LogP contribution in [0, 0.1) is 13.8 Å². The second kappa shape index (κ2) is 8.23. The normalized spacial score (nSPS) is 19.3. The fourth-order valence-electron chi connectivity index (χ4n) is 4.21. The quantitative estimate of drug-likeness (QED) is 0.862. The topological polar surface area (TPSA) is 50.8 Å². The van der Waals surface area contributed by atoms with Crippen molar-refractivity contribution in [3.63, 3.8) is 0 Å². The van der Waals surface area contributed by atoms with Gasteiger partial charge in [0.25, 0.3) is 0 Å². The number of nitrogens with zero attached hydrogens (tertiary/aromatic N) is 1. The van der Waals surface area contributed by atoms with E-state index in [2.05, 4.69) is 28.4 Å². The van der Waals surface area contributed by atoms with Crippen LogP contribution in [0.1, 0.15) is 42.0 Å². The SMILES string of the molecule is Cc1cc(C)cc(NC(=O)CN2CCC[C@@H]2c2ccc3c(c2)OCCCO3)c1. The Hall–Kier alpha value is -2.53. The summed E-state index contributed by atoms with van der Waals surface area (Å²) in [5.74, 6) is 1.67. The molecule has 2 aliphatic rings. The maximum Gasteiger partial charge on any atom is 0.238 e. The first kappa shape index (κ1) is 18.8. The van der Waals surface area contributed by atoms with Crippen LogP contribution in [0.15, 0.2) is 36.4 Å². The number of benzene rings is 2. The molecule has 0 saturated carbocycles. The predicted octanol–water partition coefficient (Wildman–Crippen LogP) is 4.24. The Labute approximate surface area is 166 Å². The van der Waals surface area contributed by atoms with Gasteiger partial charge < -0.3 is 14.8 Å². The summed E-state index contributed by atoms with van der Waals surface area (Å²) in [6.45, 7) is 6.79. The van der Waals surface area contributed by atoms with Gasteiger partial charge in [0, 0.05) is 18.2 Å². The lowest BCUT2D eigenvalue weighted by Crippen LogP contribution is -2.33. The van der Waals surface area contributed by atoms with E-state index in [4.69, 9.17) is 9.47 Å². The molecule has 4 rings (SSSR count). The number of anilines is 1. The molecule has 28 heavy (non-hydrogen) atoms. The van der Waals surface area contributed by atoms with Gasteiger partial charge in [-0.1, -0.05) is 12.1 Å². The molecule has 1 atom stereocenters. The number of nitrogens with one attached hydrogen (secondary N) is 1. The van der Waals surface area contributed by atoms with Crippen molar-refractivity contribution in [1.29, 1.82) is 0 Å². The Morgan fingerprint density at radius 1 is 1.04 bits per heavy atom. The van der Waals surface area contributed by atoms with Gasteiger partial charge in [-0.25, -0.2) is 0 Å². The van der Waals surface area contributed by atoms with E-state index in [1.54, 1.807) is 0 Å². The van der Waals surface area contributed by atoms with E-state index in [0.29, 0.717) is 19.8 Å². The van der Waals surface area contributed by atoms with Gasteiger partial charge in [-0.05, 0) is 74.2 Å². The summed E-state index contributed by atoms with van der Waals surface area (Å²) >= 11 is 0. The predicted molar refractivity (Wildman–Crippen MR) is 110 cm³/mol. The number of fused-ring (bicyclic) bond motifs is 1. The minimum atomic E-state index is 0.0336. The van der Waals surface area contributed by atoms with Gasteiger partial charge in [-0.2, -0.15) is 0 Å². The largest absolute Gasteiger partial charge is 0.490 e. The molecule has 148 valence electrons. The van der Waals surface area contributed by atoms with Gasteiger partial charge in [0.2, 0.25) is 5.91 Å². The summed E-state index contributed by atoms with van der Waals surface area (Å²) in [5.41, 5.74) is 4.37. The van der Waals surface area contributed by atoms with Gasteiger partial charge >= 0.3 is 0 Å². The summed E-state index contributed by atoms with van der Waals surface area (Å²) in [6, 6.07) is 12.6. The average Bonchev–Trinajstić information content (AvgIpc) is 2.96. The molecule has 1 amide bonds. The number of carbonyl (C=O) groups is 1. The third-order valence-corrected chi connectivity index (χ3v) is 5.37. The highest BCUT2D eigenvalue weighted by Crippen LogP contribution is 2.37. The molecule has 5 heteroatoms. The van der Waals surface area contributed by atoms with Crippen molar-refractivity contribution in [2.75, 3.05) is 31.6 Å². The van der Waals surface area contributed by atoms with Crippen LogP contribution in [-0.4, -0.2) is 37.1 Å². The molecule has 0 unspecified atom stereocenters. The fourth-order valence-corrected chi connectivity index (χ4v) is 4.21. The molecule has 0 spiro atoms. The highest BCUT2D eigenvalue weighted by atomic mass is 16.5. The summed E-state index contributed by atoms with van der Waals surface area (Å²) in [6.07, 6.45) is 3.05. The molecule has 1 fully saturated rings. The molecule has 0 aromatic heterocycles. The highest BCUT2D eigenvalue weighted by Gasteiger charge is 2.28. The van der Waals surface area contributed by atoms with Crippen LogP contribution in [-0.2, 0) is 4.79 Å². The molecule has 2 heterocycles. The summed E-state index contributed by atoms with van der Waals surface area (Å²) in [4.78, 5) is 14.9. The molecule has 0 bridgehead atoms. The van der Waals surface area contributed by atoms with Crippen molar-refractivity contribution in [2.24, 2.45) is 0 Å². The molecular formula is C23H28N2O3. The monoisotopic (exact) mass is 380 g/mol. The Morgan fingerprint density at radius 2 is 1.79 bits per heavy atom. The number of carbonyl (C=O) groups excluding carboxylic acids is 1. The number of amides is 1. The first-order valence-corrected chi connectivity index (χ1v) is 10.1. The van der Waals surface area contributed by atoms with Crippen LogP contribution in [0.4, 0.5) is 5.69 Å².